The molecule has 0 aromatic heterocycles. The lowest BCUT2D eigenvalue weighted by atomic mass is 9.89. The number of likely N-dealkylation sites (tertiary alicyclic amines) is 1. The minimum absolute atomic E-state index is 0.203. The van der Waals surface area contributed by atoms with Crippen molar-refractivity contribution in [2.24, 2.45) is 0 Å². The summed E-state index contributed by atoms with van der Waals surface area (Å²) in [5, 5.41) is 12.4. The molecule has 3 rings (SSSR count). The van der Waals surface area contributed by atoms with Gasteiger partial charge in [-0.25, -0.2) is 4.79 Å². The van der Waals surface area contributed by atoms with Gasteiger partial charge in [0, 0.05) is 19.6 Å². The molecule has 0 atom stereocenters. The van der Waals surface area contributed by atoms with Gasteiger partial charge in [0.05, 0.1) is 6.07 Å². The number of ether oxygens (including phenoxy) is 1. The first-order valence-electron chi connectivity index (χ1n) is 8.85. The van der Waals surface area contributed by atoms with Crippen LogP contribution >= 0.6 is 0 Å². The maximum Gasteiger partial charge on any atom is 0.408 e. The first-order chi connectivity index (χ1) is 12.7. The Morgan fingerprint density at radius 3 is 2.19 bits per heavy atom. The van der Waals surface area contributed by atoms with Crippen LogP contribution < -0.4 is 5.32 Å². The topological polar surface area (TPSA) is 65.4 Å². The number of nitriles is 1. The third-order valence-electron chi connectivity index (χ3n) is 4.73. The van der Waals surface area contributed by atoms with E-state index in [0.717, 1.165) is 25.2 Å². The quantitative estimate of drug-likeness (QED) is 0.898. The fourth-order valence-corrected chi connectivity index (χ4v) is 3.15. The number of benzene rings is 2. The van der Waals surface area contributed by atoms with E-state index in [0.29, 0.717) is 12.8 Å². The molecule has 5 heteroatoms. The van der Waals surface area contributed by atoms with Gasteiger partial charge in [-0.15, -0.1) is 0 Å². The second kappa shape index (κ2) is 8.50. The average molecular weight is 349 g/mol. The number of hydrogen-bond donors (Lipinski definition) is 1. The van der Waals surface area contributed by atoms with Gasteiger partial charge >= 0.3 is 6.09 Å². The Morgan fingerprint density at radius 2 is 1.62 bits per heavy atom. The summed E-state index contributed by atoms with van der Waals surface area (Å²) in [6.45, 7) is 2.60. The Morgan fingerprint density at radius 1 is 1.04 bits per heavy atom. The summed E-state index contributed by atoms with van der Waals surface area (Å²) in [5.74, 6) is 0. The fourth-order valence-electron chi connectivity index (χ4n) is 3.15. The third-order valence-corrected chi connectivity index (χ3v) is 4.73. The van der Waals surface area contributed by atoms with Crippen molar-refractivity contribution in [1.82, 2.24) is 10.2 Å². The number of alkyl carbamates (subject to hydrolysis) is 1. The lowest BCUT2D eigenvalue weighted by molar-refractivity contribution is 0.113. The SMILES string of the molecule is N#CC1(NC(=O)OCc2ccccc2)CCN(Cc2ccccc2)CC1. The summed E-state index contributed by atoms with van der Waals surface area (Å²) in [5.41, 5.74) is 1.33. The van der Waals surface area contributed by atoms with Gasteiger partial charge in [-0.3, -0.25) is 4.90 Å². The van der Waals surface area contributed by atoms with Gasteiger partial charge < -0.3 is 10.1 Å². The molecule has 134 valence electrons. The summed E-state index contributed by atoms with van der Waals surface area (Å²) >= 11 is 0. The molecule has 2 aromatic rings. The summed E-state index contributed by atoms with van der Waals surface area (Å²) < 4.78 is 5.27. The minimum atomic E-state index is -0.846. The second-order valence-corrected chi connectivity index (χ2v) is 6.64. The molecule has 0 unspecified atom stereocenters. The Labute approximate surface area is 154 Å². The molecule has 1 saturated heterocycles. The number of nitrogens with zero attached hydrogens (tertiary/aromatic N) is 2. The molecule has 0 radical (unpaired) electrons. The van der Waals surface area contributed by atoms with Crippen LogP contribution in [0.1, 0.15) is 24.0 Å². The van der Waals surface area contributed by atoms with E-state index < -0.39 is 11.6 Å². The normalized spacial score (nSPS) is 16.4. The summed E-state index contributed by atoms with van der Waals surface area (Å²) in [6.07, 6.45) is 0.653. The lowest BCUT2D eigenvalue weighted by Crippen LogP contribution is -2.54. The van der Waals surface area contributed by atoms with Crippen molar-refractivity contribution in [1.29, 1.82) is 5.26 Å². The maximum absolute atomic E-state index is 12.1. The van der Waals surface area contributed by atoms with E-state index in [1.54, 1.807) is 0 Å². The highest BCUT2D eigenvalue weighted by Gasteiger charge is 2.36. The van der Waals surface area contributed by atoms with Crippen molar-refractivity contribution < 1.29 is 9.53 Å². The molecule has 1 fully saturated rings. The maximum atomic E-state index is 12.1. The standard InChI is InChI=1S/C21H23N3O2/c22-17-21(23-20(25)26-16-19-9-5-2-6-10-19)11-13-24(14-12-21)15-18-7-3-1-4-8-18/h1-10H,11-16H2,(H,23,25). The molecule has 2 aromatic carbocycles. The lowest BCUT2D eigenvalue weighted by Gasteiger charge is -2.37. The third kappa shape index (κ3) is 4.84. The number of rotatable bonds is 5. The molecule has 5 nitrogen and oxygen atoms in total. The zero-order valence-corrected chi connectivity index (χ0v) is 14.7. The molecule has 1 amide bonds. The van der Waals surface area contributed by atoms with Crippen LogP contribution in [0.15, 0.2) is 60.7 Å². The van der Waals surface area contributed by atoms with Gasteiger partial charge in [0.1, 0.15) is 12.1 Å². The molecule has 26 heavy (non-hydrogen) atoms. The highest BCUT2D eigenvalue weighted by Crippen LogP contribution is 2.23. The average Bonchev–Trinajstić information content (AvgIpc) is 2.70. The molecule has 0 spiro atoms. The van der Waals surface area contributed by atoms with Crippen molar-refractivity contribution in [2.45, 2.75) is 31.5 Å². The van der Waals surface area contributed by atoms with Crippen LogP contribution in [0.3, 0.4) is 0 Å². The number of piperidine rings is 1. The van der Waals surface area contributed by atoms with E-state index >= 15 is 0 Å². The van der Waals surface area contributed by atoms with Crippen molar-refractivity contribution in [3.05, 3.63) is 71.8 Å². The molecule has 0 saturated carbocycles. The van der Waals surface area contributed by atoms with Crippen LogP contribution in [-0.2, 0) is 17.9 Å². The van der Waals surface area contributed by atoms with Crippen LogP contribution in [0.2, 0.25) is 0 Å². The number of hydrogen-bond acceptors (Lipinski definition) is 4. The van der Waals surface area contributed by atoms with E-state index in [9.17, 15) is 10.1 Å². The monoisotopic (exact) mass is 349 g/mol. The number of carbonyl (C=O) groups is 1. The van der Waals surface area contributed by atoms with Crippen LogP contribution in [0.5, 0.6) is 0 Å². The summed E-state index contributed by atoms with van der Waals surface area (Å²) in [6, 6.07) is 22.1. The first kappa shape index (κ1) is 18.0. The zero-order valence-electron chi connectivity index (χ0n) is 14.7. The molecular formula is C21H23N3O2. The number of amides is 1. The largest absolute Gasteiger partial charge is 0.445 e. The number of carbonyl (C=O) groups excluding carboxylic acids is 1. The first-order valence-corrected chi connectivity index (χ1v) is 8.85. The Balaban J connectivity index is 1.49. The van der Waals surface area contributed by atoms with Crippen LogP contribution in [0.4, 0.5) is 4.79 Å². The van der Waals surface area contributed by atoms with E-state index in [-0.39, 0.29) is 6.61 Å². The number of nitrogens with one attached hydrogen (secondary N) is 1. The van der Waals surface area contributed by atoms with Gasteiger partial charge in [-0.2, -0.15) is 5.26 Å². The van der Waals surface area contributed by atoms with E-state index in [4.69, 9.17) is 4.74 Å². The summed E-state index contributed by atoms with van der Waals surface area (Å²) in [4.78, 5) is 14.4. The van der Waals surface area contributed by atoms with Crippen LogP contribution in [0.25, 0.3) is 0 Å². The van der Waals surface area contributed by atoms with Gasteiger partial charge in [0.15, 0.2) is 0 Å². The van der Waals surface area contributed by atoms with Crippen molar-refractivity contribution in [2.75, 3.05) is 13.1 Å². The molecule has 1 aliphatic heterocycles. The van der Waals surface area contributed by atoms with Gasteiger partial charge in [-0.1, -0.05) is 60.7 Å². The zero-order chi connectivity index (χ0) is 18.2. The fraction of sp³-hybridized carbons (Fsp3) is 0.333. The second-order valence-electron chi connectivity index (χ2n) is 6.64. The van der Waals surface area contributed by atoms with E-state index in [1.165, 1.54) is 5.56 Å². The molecule has 0 aliphatic carbocycles. The minimum Gasteiger partial charge on any atom is -0.445 e. The Hall–Kier alpha value is -2.84. The van der Waals surface area contributed by atoms with Gasteiger partial charge in [0.25, 0.3) is 0 Å². The molecular weight excluding hydrogens is 326 g/mol. The predicted molar refractivity (Wildman–Crippen MR) is 99.1 cm³/mol. The van der Waals surface area contributed by atoms with Crippen LogP contribution in [-0.4, -0.2) is 29.6 Å². The van der Waals surface area contributed by atoms with Crippen molar-refractivity contribution in [3.8, 4) is 6.07 Å². The molecule has 1 heterocycles. The van der Waals surface area contributed by atoms with Crippen LogP contribution in [0, 0.1) is 11.3 Å². The Bertz CT molecular complexity index is 748. The molecule has 0 bridgehead atoms. The van der Waals surface area contributed by atoms with E-state index in [1.807, 2.05) is 48.5 Å². The highest BCUT2D eigenvalue weighted by atomic mass is 16.5. The smallest absolute Gasteiger partial charge is 0.408 e. The van der Waals surface area contributed by atoms with Gasteiger partial charge in [0.2, 0.25) is 0 Å². The Kier molecular flexibility index (Phi) is 5.88. The molecule has 1 aliphatic rings. The highest BCUT2D eigenvalue weighted by molar-refractivity contribution is 5.69. The molecule has 1 N–H and O–H groups in total. The van der Waals surface area contributed by atoms with Gasteiger partial charge in [-0.05, 0) is 24.0 Å². The summed E-state index contributed by atoms with van der Waals surface area (Å²) in [7, 11) is 0. The predicted octanol–water partition coefficient (Wildman–Crippen LogP) is 3.47. The van der Waals surface area contributed by atoms with E-state index in [2.05, 4.69) is 28.4 Å². The van der Waals surface area contributed by atoms with Crippen molar-refractivity contribution in [3.63, 3.8) is 0 Å². The van der Waals surface area contributed by atoms with Crippen molar-refractivity contribution >= 4 is 6.09 Å².